The Morgan fingerprint density at radius 3 is 2.29 bits per heavy atom. The predicted octanol–water partition coefficient (Wildman–Crippen LogP) is 8.55. The average molecular weight is 373 g/mol. The molecule has 2 aromatic carbocycles. The molecule has 0 fully saturated rings. The lowest BCUT2D eigenvalue weighted by Gasteiger charge is -2.12. The fraction of sp³-hybridized carbons (Fsp3) is 0.429. The first kappa shape index (κ1) is 20.6. The highest BCUT2D eigenvalue weighted by atomic mass is 14.2. The van der Waals surface area contributed by atoms with Crippen molar-refractivity contribution in [2.45, 2.75) is 78.1 Å². The predicted molar refractivity (Wildman–Crippen MR) is 124 cm³/mol. The van der Waals surface area contributed by atoms with E-state index in [1.165, 1.54) is 84.8 Å². The van der Waals surface area contributed by atoms with Crippen molar-refractivity contribution >= 4 is 0 Å². The second kappa shape index (κ2) is 10.5. The zero-order valence-corrected chi connectivity index (χ0v) is 18.0. The average Bonchev–Trinajstić information content (AvgIpc) is 3.19. The van der Waals surface area contributed by atoms with Gasteiger partial charge in [0.1, 0.15) is 0 Å². The van der Waals surface area contributed by atoms with Gasteiger partial charge >= 0.3 is 0 Å². The summed E-state index contributed by atoms with van der Waals surface area (Å²) in [5, 5.41) is 0. The van der Waals surface area contributed by atoms with Gasteiger partial charge in [-0.25, -0.2) is 0 Å². The van der Waals surface area contributed by atoms with Gasteiger partial charge < -0.3 is 0 Å². The summed E-state index contributed by atoms with van der Waals surface area (Å²) in [5.74, 6) is 0.449. The first-order chi connectivity index (χ1) is 13.7. The maximum Gasteiger partial charge on any atom is 0.0207 e. The fourth-order valence-corrected chi connectivity index (χ4v) is 4.15. The van der Waals surface area contributed by atoms with E-state index in [9.17, 15) is 0 Å². The number of hydrogen-bond acceptors (Lipinski definition) is 0. The maximum absolute atomic E-state index is 2.44. The molecule has 2 aromatic rings. The maximum atomic E-state index is 2.44. The van der Waals surface area contributed by atoms with Crippen LogP contribution < -0.4 is 0 Å². The Bertz CT molecular complexity index is 804. The minimum atomic E-state index is 0.449. The van der Waals surface area contributed by atoms with Crippen LogP contribution in [0, 0.1) is 6.92 Å². The van der Waals surface area contributed by atoms with Crippen molar-refractivity contribution in [1.82, 2.24) is 0 Å². The number of aryl methyl sites for hydroxylation is 2. The van der Waals surface area contributed by atoms with E-state index in [4.69, 9.17) is 0 Å². The first-order valence-electron chi connectivity index (χ1n) is 11.3. The van der Waals surface area contributed by atoms with Gasteiger partial charge in [-0.15, -0.1) is 0 Å². The summed E-state index contributed by atoms with van der Waals surface area (Å²) >= 11 is 0. The lowest BCUT2D eigenvalue weighted by atomic mass is 9.92. The van der Waals surface area contributed by atoms with Gasteiger partial charge in [0.05, 0.1) is 0 Å². The third kappa shape index (κ3) is 5.47. The van der Waals surface area contributed by atoms with E-state index in [-0.39, 0.29) is 0 Å². The van der Waals surface area contributed by atoms with Crippen LogP contribution in [0.2, 0.25) is 0 Å². The van der Waals surface area contributed by atoms with E-state index in [0.29, 0.717) is 5.92 Å². The second-order valence-corrected chi connectivity index (χ2v) is 8.31. The number of benzene rings is 2. The lowest BCUT2D eigenvalue weighted by Crippen LogP contribution is -1.93. The molecule has 0 amide bonds. The van der Waals surface area contributed by atoms with Gasteiger partial charge in [0, 0.05) is 5.92 Å². The van der Waals surface area contributed by atoms with Crippen molar-refractivity contribution in [1.29, 1.82) is 0 Å². The standard InChI is InChI=1S/C28H36/c1-4-6-8-9-11-23-12-15-25(16-13-23)28-19-18-26(20-22(28)3)27-17-14-24(21-27)10-7-5-2/h12-21,27H,4-11H2,1-3H3. The largest absolute Gasteiger partial charge is 0.0730 e. The molecule has 0 saturated carbocycles. The summed E-state index contributed by atoms with van der Waals surface area (Å²) in [4.78, 5) is 0. The zero-order chi connectivity index (χ0) is 19.8. The van der Waals surface area contributed by atoms with Crippen LogP contribution >= 0.6 is 0 Å². The van der Waals surface area contributed by atoms with Crippen LogP contribution in [0.5, 0.6) is 0 Å². The fourth-order valence-electron chi connectivity index (χ4n) is 4.15. The van der Waals surface area contributed by atoms with Gasteiger partial charge in [0.15, 0.2) is 0 Å². The number of unbranched alkanes of at least 4 members (excludes halogenated alkanes) is 4. The monoisotopic (exact) mass is 372 g/mol. The normalized spacial score (nSPS) is 15.8. The van der Waals surface area contributed by atoms with Crippen molar-refractivity contribution in [2.24, 2.45) is 0 Å². The van der Waals surface area contributed by atoms with Gasteiger partial charge in [0.25, 0.3) is 0 Å². The minimum Gasteiger partial charge on any atom is -0.0730 e. The molecule has 0 saturated heterocycles. The summed E-state index contributed by atoms with van der Waals surface area (Å²) in [6.45, 7) is 6.78. The summed E-state index contributed by atoms with van der Waals surface area (Å²) in [7, 11) is 0. The highest BCUT2D eigenvalue weighted by Crippen LogP contribution is 2.32. The minimum absolute atomic E-state index is 0.449. The van der Waals surface area contributed by atoms with Gasteiger partial charge in [-0.2, -0.15) is 0 Å². The van der Waals surface area contributed by atoms with Gasteiger partial charge in [-0.05, 0) is 60.4 Å². The van der Waals surface area contributed by atoms with Crippen molar-refractivity contribution in [3.63, 3.8) is 0 Å². The molecule has 0 bridgehead atoms. The van der Waals surface area contributed by atoms with Gasteiger partial charge in [-0.1, -0.05) is 106 Å². The molecule has 28 heavy (non-hydrogen) atoms. The van der Waals surface area contributed by atoms with E-state index in [2.05, 4.69) is 81.5 Å². The molecule has 0 radical (unpaired) electrons. The molecule has 1 aliphatic rings. The van der Waals surface area contributed by atoms with E-state index < -0.39 is 0 Å². The summed E-state index contributed by atoms with van der Waals surface area (Å²) in [6, 6.07) is 16.2. The van der Waals surface area contributed by atoms with E-state index in [1.807, 2.05) is 0 Å². The SMILES string of the molecule is CCCCCCc1ccc(-c2ccc(C3C=CC(CCCC)=C3)cc2C)cc1. The van der Waals surface area contributed by atoms with Crippen molar-refractivity contribution in [3.8, 4) is 11.1 Å². The molecule has 0 heterocycles. The van der Waals surface area contributed by atoms with Crippen LogP contribution in [0.15, 0.2) is 66.3 Å². The quantitative estimate of drug-likeness (QED) is 0.366. The molecule has 148 valence electrons. The number of rotatable bonds is 10. The van der Waals surface area contributed by atoms with E-state index in [0.717, 1.165) is 0 Å². The molecule has 0 N–H and O–H groups in total. The van der Waals surface area contributed by atoms with Crippen molar-refractivity contribution in [2.75, 3.05) is 0 Å². The molecule has 0 nitrogen and oxygen atoms in total. The third-order valence-corrected chi connectivity index (χ3v) is 5.95. The Hall–Kier alpha value is -2.08. The zero-order valence-electron chi connectivity index (χ0n) is 18.0. The summed E-state index contributed by atoms with van der Waals surface area (Å²) in [6.07, 6.45) is 17.4. The number of hydrogen-bond donors (Lipinski definition) is 0. The van der Waals surface area contributed by atoms with Crippen LogP contribution in [-0.4, -0.2) is 0 Å². The highest BCUT2D eigenvalue weighted by Gasteiger charge is 2.13. The van der Waals surface area contributed by atoms with Crippen LogP contribution in [-0.2, 0) is 6.42 Å². The Morgan fingerprint density at radius 1 is 0.786 bits per heavy atom. The summed E-state index contributed by atoms with van der Waals surface area (Å²) in [5.41, 5.74) is 8.45. The molecule has 1 unspecified atom stereocenters. The second-order valence-electron chi connectivity index (χ2n) is 8.31. The Morgan fingerprint density at radius 2 is 1.57 bits per heavy atom. The molecular weight excluding hydrogens is 336 g/mol. The van der Waals surface area contributed by atoms with Crippen LogP contribution in [0.4, 0.5) is 0 Å². The molecule has 3 rings (SSSR count). The summed E-state index contributed by atoms with van der Waals surface area (Å²) < 4.78 is 0. The van der Waals surface area contributed by atoms with Gasteiger partial charge in [0.2, 0.25) is 0 Å². The van der Waals surface area contributed by atoms with Crippen LogP contribution in [0.25, 0.3) is 11.1 Å². The molecule has 0 spiro atoms. The Labute approximate surface area is 172 Å². The van der Waals surface area contributed by atoms with Crippen molar-refractivity contribution < 1.29 is 0 Å². The molecular formula is C28H36. The number of allylic oxidation sites excluding steroid dienone is 4. The molecule has 0 aromatic heterocycles. The third-order valence-electron chi connectivity index (χ3n) is 5.95. The molecule has 1 atom stereocenters. The topological polar surface area (TPSA) is 0 Å². The molecule has 0 aliphatic heterocycles. The van der Waals surface area contributed by atoms with Crippen LogP contribution in [0.3, 0.4) is 0 Å². The Balaban J connectivity index is 1.66. The first-order valence-corrected chi connectivity index (χ1v) is 11.3. The van der Waals surface area contributed by atoms with Gasteiger partial charge in [-0.3, -0.25) is 0 Å². The highest BCUT2D eigenvalue weighted by molar-refractivity contribution is 5.68. The lowest BCUT2D eigenvalue weighted by molar-refractivity contribution is 0.667. The van der Waals surface area contributed by atoms with E-state index >= 15 is 0 Å². The van der Waals surface area contributed by atoms with Crippen molar-refractivity contribution in [3.05, 3.63) is 83.0 Å². The smallest absolute Gasteiger partial charge is 0.0207 e. The molecule has 0 heteroatoms. The van der Waals surface area contributed by atoms with Crippen LogP contribution in [0.1, 0.15) is 81.4 Å². The van der Waals surface area contributed by atoms with E-state index in [1.54, 1.807) is 0 Å². The Kier molecular flexibility index (Phi) is 7.71. The molecule has 1 aliphatic carbocycles.